The number of amides is 1. The Kier molecular flexibility index (Phi) is 7.27. The molecule has 174 valence electrons. The summed E-state index contributed by atoms with van der Waals surface area (Å²) in [4.78, 5) is 16.1. The number of nitrogens with one attached hydrogen (secondary N) is 1. The summed E-state index contributed by atoms with van der Waals surface area (Å²) in [7, 11) is 4.51. The van der Waals surface area contributed by atoms with Crippen LogP contribution in [0.4, 0.5) is 13.2 Å². The molecule has 0 fully saturated rings. The van der Waals surface area contributed by atoms with E-state index in [2.05, 4.69) is 10.3 Å². The lowest BCUT2D eigenvalue weighted by Gasteiger charge is -2.14. The average molecular weight is 462 g/mol. The number of ether oxygens (including phenoxy) is 4. The number of alkyl halides is 3. The lowest BCUT2D eigenvalue weighted by Crippen LogP contribution is -2.22. The van der Waals surface area contributed by atoms with Crippen molar-refractivity contribution in [3.63, 3.8) is 0 Å². The van der Waals surface area contributed by atoms with E-state index < -0.39 is 11.7 Å². The second kappa shape index (κ2) is 10.1. The maximum Gasteiger partial charge on any atom is 0.417 e. The number of hydrogen-bond acceptors (Lipinski definition) is 6. The number of nitrogens with zero attached hydrogens (tertiary/aromatic N) is 1. The lowest BCUT2D eigenvalue weighted by molar-refractivity contribution is -0.137. The molecule has 0 unspecified atom stereocenters. The first kappa shape index (κ1) is 23.7. The normalized spacial score (nSPS) is 11.0. The van der Waals surface area contributed by atoms with Gasteiger partial charge in [0.1, 0.15) is 5.75 Å². The Labute approximate surface area is 188 Å². The van der Waals surface area contributed by atoms with Crippen LogP contribution in [0.1, 0.15) is 21.5 Å². The molecule has 0 saturated carbocycles. The van der Waals surface area contributed by atoms with Crippen molar-refractivity contribution >= 4 is 5.91 Å². The highest BCUT2D eigenvalue weighted by atomic mass is 19.4. The van der Waals surface area contributed by atoms with Crippen molar-refractivity contribution in [3.05, 3.63) is 71.4 Å². The van der Waals surface area contributed by atoms with Crippen LogP contribution in [0.2, 0.25) is 0 Å². The van der Waals surface area contributed by atoms with Gasteiger partial charge in [-0.15, -0.1) is 0 Å². The number of halogens is 3. The van der Waals surface area contributed by atoms with Gasteiger partial charge in [-0.05, 0) is 48.0 Å². The largest absolute Gasteiger partial charge is 0.493 e. The zero-order valence-electron chi connectivity index (χ0n) is 18.0. The van der Waals surface area contributed by atoms with E-state index in [0.717, 1.165) is 17.7 Å². The zero-order chi connectivity index (χ0) is 24.0. The minimum atomic E-state index is -4.47. The molecule has 0 spiro atoms. The van der Waals surface area contributed by atoms with Gasteiger partial charge in [0.05, 0.1) is 26.9 Å². The smallest absolute Gasteiger partial charge is 0.417 e. The fourth-order valence-electron chi connectivity index (χ4n) is 2.93. The summed E-state index contributed by atoms with van der Waals surface area (Å²) in [5.41, 5.74) is 0.246. The van der Waals surface area contributed by atoms with E-state index in [9.17, 15) is 18.0 Å². The van der Waals surface area contributed by atoms with Crippen molar-refractivity contribution in [3.8, 4) is 28.9 Å². The topological polar surface area (TPSA) is 78.9 Å². The van der Waals surface area contributed by atoms with Gasteiger partial charge in [-0.3, -0.25) is 4.79 Å². The molecule has 1 heterocycles. The predicted octanol–water partition coefficient (Wildman–Crippen LogP) is 4.85. The average Bonchev–Trinajstić information content (AvgIpc) is 2.82. The molecule has 0 aliphatic carbocycles. The quantitative estimate of drug-likeness (QED) is 0.516. The van der Waals surface area contributed by atoms with Crippen LogP contribution in [-0.2, 0) is 12.7 Å². The van der Waals surface area contributed by atoms with Crippen molar-refractivity contribution < 1.29 is 36.9 Å². The van der Waals surface area contributed by atoms with Gasteiger partial charge in [-0.1, -0.05) is 0 Å². The van der Waals surface area contributed by atoms with Crippen molar-refractivity contribution in [2.45, 2.75) is 12.7 Å². The molecule has 2 aromatic carbocycles. The van der Waals surface area contributed by atoms with E-state index in [1.54, 1.807) is 12.1 Å². The highest BCUT2D eigenvalue weighted by Crippen LogP contribution is 2.38. The standard InChI is InChI=1S/C23H21F3N2O5/c1-30-18-10-14(11-19(31-2)21(18)32-3)12-28-22(29)15-4-7-17(8-5-15)33-20-9-6-16(13-27-20)23(24,25)26/h4-11,13H,12H2,1-3H3,(H,28,29). The Hall–Kier alpha value is -3.95. The summed E-state index contributed by atoms with van der Waals surface area (Å²) in [5.74, 6) is 1.39. The molecule has 7 nitrogen and oxygen atoms in total. The van der Waals surface area contributed by atoms with Crippen molar-refractivity contribution in [2.24, 2.45) is 0 Å². The van der Waals surface area contributed by atoms with Crippen LogP contribution in [-0.4, -0.2) is 32.2 Å². The number of benzene rings is 2. The summed E-state index contributed by atoms with van der Waals surface area (Å²) in [6.07, 6.45) is -3.77. The summed E-state index contributed by atoms with van der Waals surface area (Å²) in [5, 5.41) is 2.79. The first-order chi connectivity index (χ1) is 15.7. The fourth-order valence-corrected chi connectivity index (χ4v) is 2.93. The number of hydrogen-bond donors (Lipinski definition) is 1. The molecular weight excluding hydrogens is 441 g/mol. The monoisotopic (exact) mass is 462 g/mol. The molecular formula is C23H21F3N2O5. The number of rotatable bonds is 8. The SMILES string of the molecule is COc1cc(CNC(=O)c2ccc(Oc3ccc(C(F)(F)F)cn3)cc2)cc(OC)c1OC. The highest BCUT2D eigenvalue weighted by molar-refractivity contribution is 5.94. The first-order valence-corrected chi connectivity index (χ1v) is 9.63. The third-order valence-electron chi connectivity index (χ3n) is 4.58. The molecule has 0 bridgehead atoms. The van der Waals surface area contributed by atoms with E-state index in [0.29, 0.717) is 34.8 Å². The Morgan fingerprint density at radius 2 is 1.58 bits per heavy atom. The van der Waals surface area contributed by atoms with Crippen LogP contribution < -0.4 is 24.3 Å². The van der Waals surface area contributed by atoms with Gasteiger partial charge < -0.3 is 24.3 Å². The molecule has 1 aromatic heterocycles. The van der Waals surface area contributed by atoms with E-state index in [4.69, 9.17) is 18.9 Å². The van der Waals surface area contributed by atoms with Crippen LogP contribution in [0.5, 0.6) is 28.9 Å². The van der Waals surface area contributed by atoms with Crippen LogP contribution in [0.15, 0.2) is 54.7 Å². The Bertz CT molecular complexity index is 1080. The van der Waals surface area contributed by atoms with Gasteiger partial charge in [0.15, 0.2) is 11.5 Å². The number of aromatic nitrogens is 1. The van der Waals surface area contributed by atoms with Gasteiger partial charge in [-0.2, -0.15) is 13.2 Å². The van der Waals surface area contributed by atoms with Crippen LogP contribution >= 0.6 is 0 Å². The van der Waals surface area contributed by atoms with Gasteiger partial charge in [0.2, 0.25) is 11.6 Å². The van der Waals surface area contributed by atoms with Crippen molar-refractivity contribution in [1.29, 1.82) is 0 Å². The molecule has 3 rings (SSSR count). The maximum absolute atomic E-state index is 12.6. The minimum Gasteiger partial charge on any atom is -0.493 e. The van der Waals surface area contributed by atoms with E-state index >= 15 is 0 Å². The molecule has 1 N–H and O–H groups in total. The summed E-state index contributed by atoms with van der Waals surface area (Å²) in [6, 6.07) is 11.6. The number of pyridine rings is 1. The predicted molar refractivity (Wildman–Crippen MR) is 113 cm³/mol. The molecule has 3 aromatic rings. The van der Waals surface area contributed by atoms with Crippen LogP contribution in [0, 0.1) is 0 Å². The molecule has 0 aliphatic heterocycles. The molecule has 0 radical (unpaired) electrons. The number of methoxy groups -OCH3 is 3. The zero-order valence-corrected chi connectivity index (χ0v) is 18.0. The molecule has 33 heavy (non-hydrogen) atoms. The van der Waals surface area contributed by atoms with E-state index in [1.807, 2.05) is 0 Å². The third-order valence-corrected chi connectivity index (χ3v) is 4.58. The molecule has 0 atom stereocenters. The van der Waals surface area contributed by atoms with Gasteiger partial charge in [0, 0.05) is 24.4 Å². The fraction of sp³-hybridized carbons (Fsp3) is 0.217. The minimum absolute atomic E-state index is 0.00241. The molecule has 10 heteroatoms. The molecule has 0 saturated heterocycles. The Morgan fingerprint density at radius 3 is 2.06 bits per heavy atom. The van der Waals surface area contributed by atoms with E-state index in [1.165, 1.54) is 45.6 Å². The van der Waals surface area contributed by atoms with Crippen molar-refractivity contribution in [1.82, 2.24) is 10.3 Å². The summed E-state index contributed by atoms with van der Waals surface area (Å²) >= 11 is 0. The van der Waals surface area contributed by atoms with Crippen molar-refractivity contribution in [2.75, 3.05) is 21.3 Å². The van der Waals surface area contributed by atoms with Crippen LogP contribution in [0.25, 0.3) is 0 Å². The molecule has 1 amide bonds. The first-order valence-electron chi connectivity index (χ1n) is 9.63. The second-order valence-electron chi connectivity index (χ2n) is 6.73. The van der Waals surface area contributed by atoms with Crippen LogP contribution in [0.3, 0.4) is 0 Å². The summed E-state index contributed by atoms with van der Waals surface area (Å²) < 4.78 is 59.2. The second-order valence-corrected chi connectivity index (χ2v) is 6.73. The van der Waals surface area contributed by atoms with Gasteiger partial charge in [0.25, 0.3) is 5.91 Å². The number of carbonyl (C=O) groups is 1. The highest BCUT2D eigenvalue weighted by Gasteiger charge is 2.30. The van der Waals surface area contributed by atoms with Gasteiger partial charge in [-0.25, -0.2) is 4.98 Å². The third kappa shape index (κ3) is 5.85. The van der Waals surface area contributed by atoms with E-state index in [-0.39, 0.29) is 18.3 Å². The maximum atomic E-state index is 12.6. The summed E-state index contributed by atoms with van der Waals surface area (Å²) in [6.45, 7) is 0.212. The lowest BCUT2D eigenvalue weighted by atomic mass is 10.1. The molecule has 0 aliphatic rings. The van der Waals surface area contributed by atoms with Gasteiger partial charge >= 0.3 is 6.18 Å². The Balaban J connectivity index is 1.63. The number of carbonyl (C=O) groups excluding carboxylic acids is 1. The Morgan fingerprint density at radius 1 is 0.939 bits per heavy atom.